The summed E-state index contributed by atoms with van der Waals surface area (Å²) in [4.78, 5) is 24.4. The van der Waals surface area contributed by atoms with Crippen molar-refractivity contribution in [1.29, 1.82) is 0 Å². The summed E-state index contributed by atoms with van der Waals surface area (Å²) >= 11 is 1.72. The van der Waals surface area contributed by atoms with Gasteiger partial charge in [-0.15, -0.1) is 11.8 Å². The van der Waals surface area contributed by atoms with Crippen LogP contribution in [0, 0.1) is 5.92 Å². The number of carbonyl (C=O) groups is 2. The van der Waals surface area contributed by atoms with Crippen molar-refractivity contribution in [2.24, 2.45) is 5.92 Å². The summed E-state index contributed by atoms with van der Waals surface area (Å²) < 4.78 is 0. The normalized spacial score (nSPS) is 21.6. The highest BCUT2D eigenvalue weighted by Crippen LogP contribution is 2.17. The number of nitrogens with one attached hydrogen (secondary N) is 2. The first kappa shape index (κ1) is 15.1. The van der Waals surface area contributed by atoms with E-state index >= 15 is 0 Å². The number of hydrogen-bond donors (Lipinski definition) is 2. The molecule has 20 heavy (non-hydrogen) atoms. The van der Waals surface area contributed by atoms with E-state index in [9.17, 15) is 9.59 Å². The molecule has 4 nitrogen and oxygen atoms in total. The van der Waals surface area contributed by atoms with E-state index in [1.165, 1.54) is 4.90 Å². The average Bonchev–Trinajstić information content (AvgIpc) is 2.94. The minimum absolute atomic E-state index is 0.00223. The van der Waals surface area contributed by atoms with Gasteiger partial charge in [-0.25, -0.2) is 0 Å². The molecule has 0 spiro atoms. The van der Waals surface area contributed by atoms with Crippen LogP contribution in [0.15, 0.2) is 35.2 Å². The van der Waals surface area contributed by atoms with Gasteiger partial charge in [-0.05, 0) is 25.5 Å². The lowest BCUT2D eigenvalue weighted by molar-refractivity contribution is -0.122. The van der Waals surface area contributed by atoms with Crippen molar-refractivity contribution in [3.8, 4) is 0 Å². The van der Waals surface area contributed by atoms with Gasteiger partial charge in [0.15, 0.2) is 0 Å². The summed E-state index contributed by atoms with van der Waals surface area (Å²) in [5.74, 6) is 0.998. The van der Waals surface area contributed by atoms with Crippen LogP contribution < -0.4 is 10.6 Å². The van der Waals surface area contributed by atoms with Crippen molar-refractivity contribution in [1.82, 2.24) is 10.6 Å². The Morgan fingerprint density at radius 1 is 1.35 bits per heavy atom. The number of carbonyl (C=O) groups excluding carboxylic acids is 2. The van der Waals surface area contributed by atoms with Gasteiger partial charge in [-0.3, -0.25) is 9.59 Å². The maximum absolute atomic E-state index is 11.9. The molecule has 0 aliphatic carbocycles. The van der Waals surface area contributed by atoms with Crippen LogP contribution in [0.4, 0.5) is 0 Å². The first-order valence-corrected chi connectivity index (χ1v) is 7.85. The topological polar surface area (TPSA) is 58.2 Å². The standard InChI is InChI=1S/C15H20N2O2S/c1-11(18)12-9-14(17-10-12)15(19)16-7-8-20-13-5-3-2-4-6-13/h2-6,12,14,17H,7-10H2,1H3,(H,16,19). The number of amides is 1. The predicted molar refractivity (Wildman–Crippen MR) is 80.8 cm³/mol. The highest BCUT2D eigenvalue weighted by Gasteiger charge is 2.31. The van der Waals surface area contributed by atoms with Crippen LogP contribution in [-0.2, 0) is 9.59 Å². The Morgan fingerprint density at radius 3 is 2.75 bits per heavy atom. The van der Waals surface area contributed by atoms with Crippen LogP contribution in [0.5, 0.6) is 0 Å². The number of benzene rings is 1. The van der Waals surface area contributed by atoms with Gasteiger partial charge in [0.05, 0.1) is 6.04 Å². The van der Waals surface area contributed by atoms with E-state index < -0.39 is 0 Å². The largest absolute Gasteiger partial charge is 0.354 e. The molecule has 2 rings (SSSR count). The molecular weight excluding hydrogens is 272 g/mol. The zero-order valence-corrected chi connectivity index (χ0v) is 12.4. The third-order valence-corrected chi connectivity index (χ3v) is 4.45. The smallest absolute Gasteiger partial charge is 0.237 e. The Morgan fingerprint density at radius 2 is 2.10 bits per heavy atom. The number of Topliss-reactive ketones (excluding diaryl/α,β-unsaturated/α-hetero) is 1. The molecule has 2 unspecified atom stereocenters. The molecule has 0 aromatic heterocycles. The predicted octanol–water partition coefficient (Wildman–Crippen LogP) is 1.46. The van der Waals surface area contributed by atoms with E-state index in [4.69, 9.17) is 0 Å². The molecule has 1 fully saturated rings. The summed E-state index contributed by atoms with van der Waals surface area (Å²) in [6.07, 6.45) is 0.618. The second kappa shape index (κ2) is 7.45. The molecule has 1 heterocycles. The SMILES string of the molecule is CC(=O)C1CNC(C(=O)NCCSc2ccccc2)C1. The molecular formula is C15H20N2O2S. The lowest BCUT2D eigenvalue weighted by atomic mass is 10.0. The van der Waals surface area contributed by atoms with Crippen molar-refractivity contribution in [2.45, 2.75) is 24.3 Å². The van der Waals surface area contributed by atoms with Crippen molar-refractivity contribution in [3.05, 3.63) is 30.3 Å². The lowest BCUT2D eigenvalue weighted by Gasteiger charge is -2.11. The van der Waals surface area contributed by atoms with Gasteiger partial charge in [-0.2, -0.15) is 0 Å². The summed E-state index contributed by atoms with van der Waals surface area (Å²) in [6.45, 7) is 2.84. The van der Waals surface area contributed by atoms with Gasteiger partial charge < -0.3 is 10.6 Å². The van der Waals surface area contributed by atoms with E-state index in [1.54, 1.807) is 18.7 Å². The second-order valence-electron chi connectivity index (χ2n) is 4.96. The zero-order valence-electron chi connectivity index (χ0n) is 11.6. The van der Waals surface area contributed by atoms with Crippen LogP contribution in [-0.4, -0.2) is 36.6 Å². The fourth-order valence-corrected chi connectivity index (χ4v) is 3.02. The Bertz CT molecular complexity index is 464. The Kier molecular flexibility index (Phi) is 5.61. The summed E-state index contributed by atoms with van der Waals surface area (Å²) in [7, 11) is 0. The molecule has 1 aliphatic heterocycles. The quantitative estimate of drug-likeness (QED) is 0.616. The van der Waals surface area contributed by atoms with E-state index in [0.29, 0.717) is 19.5 Å². The first-order chi connectivity index (χ1) is 9.66. The fraction of sp³-hybridized carbons (Fsp3) is 0.467. The third-order valence-electron chi connectivity index (χ3n) is 3.44. The van der Waals surface area contributed by atoms with Crippen molar-refractivity contribution in [3.63, 3.8) is 0 Å². The van der Waals surface area contributed by atoms with Crippen LogP contribution >= 0.6 is 11.8 Å². The number of rotatable bonds is 6. The van der Waals surface area contributed by atoms with Crippen LogP contribution in [0.1, 0.15) is 13.3 Å². The highest BCUT2D eigenvalue weighted by molar-refractivity contribution is 7.99. The van der Waals surface area contributed by atoms with E-state index in [-0.39, 0.29) is 23.7 Å². The highest BCUT2D eigenvalue weighted by atomic mass is 32.2. The summed E-state index contributed by atoms with van der Waals surface area (Å²) in [6, 6.07) is 9.90. The van der Waals surface area contributed by atoms with Gasteiger partial charge in [0.2, 0.25) is 5.91 Å². The molecule has 1 saturated heterocycles. The van der Waals surface area contributed by atoms with Crippen molar-refractivity contribution < 1.29 is 9.59 Å². The van der Waals surface area contributed by atoms with Gasteiger partial charge in [0, 0.05) is 29.7 Å². The summed E-state index contributed by atoms with van der Waals surface area (Å²) in [5.41, 5.74) is 0. The Labute approximate surface area is 123 Å². The molecule has 2 N–H and O–H groups in total. The Balaban J connectivity index is 1.65. The monoisotopic (exact) mass is 292 g/mol. The zero-order chi connectivity index (χ0) is 14.4. The van der Waals surface area contributed by atoms with Gasteiger partial charge in [-0.1, -0.05) is 18.2 Å². The minimum Gasteiger partial charge on any atom is -0.354 e. The van der Waals surface area contributed by atoms with E-state index in [2.05, 4.69) is 22.8 Å². The van der Waals surface area contributed by atoms with Gasteiger partial charge >= 0.3 is 0 Å². The maximum atomic E-state index is 11.9. The fourth-order valence-electron chi connectivity index (χ4n) is 2.23. The average molecular weight is 292 g/mol. The number of ketones is 1. The molecule has 1 aromatic rings. The minimum atomic E-state index is -0.217. The number of hydrogen-bond acceptors (Lipinski definition) is 4. The van der Waals surface area contributed by atoms with E-state index in [1.807, 2.05) is 18.2 Å². The molecule has 1 aliphatic rings. The third kappa shape index (κ3) is 4.35. The molecule has 0 bridgehead atoms. The molecule has 2 atom stereocenters. The maximum Gasteiger partial charge on any atom is 0.237 e. The van der Waals surface area contributed by atoms with Crippen LogP contribution in [0.3, 0.4) is 0 Å². The molecule has 1 aromatic carbocycles. The molecule has 1 amide bonds. The van der Waals surface area contributed by atoms with Gasteiger partial charge in [0.1, 0.15) is 5.78 Å². The molecule has 0 radical (unpaired) electrons. The molecule has 5 heteroatoms. The first-order valence-electron chi connectivity index (χ1n) is 6.86. The second-order valence-corrected chi connectivity index (χ2v) is 6.12. The van der Waals surface area contributed by atoms with Crippen LogP contribution in [0.25, 0.3) is 0 Å². The van der Waals surface area contributed by atoms with E-state index in [0.717, 1.165) is 5.75 Å². The summed E-state index contributed by atoms with van der Waals surface area (Å²) in [5, 5.41) is 6.03. The van der Waals surface area contributed by atoms with Crippen LogP contribution in [0.2, 0.25) is 0 Å². The molecule has 0 saturated carbocycles. The van der Waals surface area contributed by atoms with Gasteiger partial charge in [0.25, 0.3) is 0 Å². The Hall–Kier alpha value is -1.33. The lowest BCUT2D eigenvalue weighted by Crippen LogP contribution is -2.41. The van der Waals surface area contributed by atoms with Crippen molar-refractivity contribution in [2.75, 3.05) is 18.8 Å². The molecule has 108 valence electrons. The van der Waals surface area contributed by atoms with Crippen molar-refractivity contribution >= 4 is 23.5 Å². The number of thioether (sulfide) groups is 1.